The van der Waals surface area contributed by atoms with Gasteiger partial charge in [-0.25, -0.2) is 4.98 Å². The average Bonchev–Trinajstić information content (AvgIpc) is 2.43. The van der Waals surface area contributed by atoms with Crippen LogP contribution in [0.4, 0.5) is 5.69 Å². The highest BCUT2D eigenvalue weighted by molar-refractivity contribution is 6.32. The molecular weight excluding hydrogens is 262 g/mol. The van der Waals surface area contributed by atoms with Gasteiger partial charge >= 0.3 is 0 Å². The number of benzene rings is 1. The molecule has 1 aromatic carbocycles. The Balaban J connectivity index is 2.09. The first-order valence-corrected chi connectivity index (χ1v) is 6.61. The minimum Gasteiger partial charge on any atom is -0.437 e. The molecule has 1 heterocycles. The summed E-state index contributed by atoms with van der Waals surface area (Å²) in [5.74, 6) is 0.961. The van der Waals surface area contributed by atoms with Crippen LogP contribution in [0.5, 0.6) is 11.6 Å². The second kappa shape index (κ2) is 6.38. The van der Waals surface area contributed by atoms with Crippen molar-refractivity contribution in [1.29, 1.82) is 0 Å². The summed E-state index contributed by atoms with van der Waals surface area (Å²) in [7, 11) is 0. The number of ether oxygens (including phenoxy) is 1. The van der Waals surface area contributed by atoms with Crippen LogP contribution in [-0.4, -0.2) is 9.97 Å². The number of halogens is 1. The number of hydrogen-bond donors (Lipinski definition) is 1. The highest BCUT2D eigenvalue weighted by Crippen LogP contribution is 2.28. The maximum absolute atomic E-state index is 5.81. The third-order valence-corrected chi connectivity index (χ3v) is 3.06. The molecule has 0 aliphatic rings. The Kier molecular flexibility index (Phi) is 4.58. The summed E-state index contributed by atoms with van der Waals surface area (Å²) in [5.41, 5.74) is 7.29. The zero-order valence-electron chi connectivity index (χ0n) is 10.8. The van der Waals surface area contributed by atoms with Crippen molar-refractivity contribution < 1.29 is 4.74 Å². The molecule has 2 aromatic rings. The van der Waals surface area contributed by atoms with Gasteiger partial charge in [0.15, 0.2) is 5.15 Å². The van der Waals surface area contributed by atoms with E-state index in [1.807, 2.05) is 24.3 Å². The minimum absolute atomic E-state index is 0.199. The lowest BCUT2D eigenvalue weighted by molar-refractivity contribution is 0.464. The number of nitrogens with zero attached hydrogens (tertiary/aromatic N) is 2. The largest absolute Gasteiger partial charge is 0.437 e. The molecule has 2 rings (SSSR count). The topological polar surface area (TPSA) is 61.0 Å². The summed E-state index contributed by atoms with van der Waals surface area (Å²) < 4.78 is 5.59. The monoisotopic (exact) mass is 277 g/mol. The first-order chi connectivity index (χ1) is 9.20. The lowest BCUT2D eigenvalue weighted by atomic mass is 10.1. The fourth-order valence-corrected chi connectivity index (χ4v) is 1.78. The molecule has 0 unspecified atom stereocenters. The van der Waals surface area contributed by atoms with E-state index in [1.54, 1.807) is 0 Å². The van der Waals surface area contributed by atoms with E-state index < -0.39 is 0 Å². The van der Waals surface area contributed by atoms with Crippen molar-refractivity contribution in [3.05, 3.63) is 41.3 Å². The van der Waals surface area contributed by atoms with E-state index in [0.717, 1.165) is 6.42 Å². The Morgan fingerprint density at radius 2 is 1.95 bits per heavy atom. The Bertz CT molecular complexity index is 543. The fourth-order valence-electron chi connectivity index (χ4n) is 1.66. The van der Waals surface area contributed by atoms with Gasteiger partial charge in [0.05, 0.1) is 0 Å². The van der Waals surface area contributed by atoms with Crippen LogP contribution in [0.25, 0.3) is 0 Å². The molecule has 0 aliphatic carbocycles. The van der Waals surface area contributed by atoms with E-state index in [1.165, 1.54) is 24.7 Å². The Hall–Kier alpha value is -1.81. The van der Waals surface area contributed by atoms with Gasteiger partial charge in [0.25, 0.3) is 0 Å². The summed E-state index contributed by atoms with van der Waals surface area (Å²) >= 11 is 5.81. The Morgan fingerprint density at radius 3 is 2.63 bits per heavy atom. The summed E-state index contributed by atoms with van der Waals surface area (Å²) in [6.45, 7) is 2.18. The van der Waals surface area contributed by atoms with Gasteiger partial charge in [0.1, 0.15) is 17.8 Å². The average molecular weight is 278 g/mol. The van der Waals surface area contributed by atoms with Crippen molar-refractivity contribution >= 4 is 17.3 Å². The summed E-state index contributed by atoms with van der Waals surface area (Å²) in [6, 6.07) is 7.90. The van der Waals surface area contributed by atoms with Crippen molar-refractivity contribution in [3.63, 3.8) is 0 Å². The molecule has 0 saturated carbocycles. The number of aromatic nitrogens is 2. The highest BCUT2D eigenvalue weighted by atomic mass is 35.5. The molecule has 19 heavy (non-hydrogen) atoms. The molecule has 1 aromatic heterocycles. The molecule has 2 N–H and O–H groups in total. The van der Waals surface area contributed by atoms with E-state index in [4.69, 9.17) is 22.1 Å². The predicted molar refractivity (Wildman–Crippen MR) is 76.6 cm³/mol. The van der Waals surface area contributed by atoms with Crippen LogP contribution in [0.2, 0.25) is 5.15 Å². The second-order valence-corrected chi connectivity index (χ2v) is 4.59. The van der Waals surface area contributed by atoms with E-state index >= 15 is 0 Å². The van der Waals surface area contributed by atoms with Gasteiger partial charge in [-0.1, -0.05) is 37.1 Å². The minimum atomic E-state index is 0.199. The lowest BCUT2D eigenvalue weighted by Gasteiger charge is -2.08. The quantitative estimate of drug-likeness (QED) is 0.843. The van der Waals surface area contributed by atoms with E-state index in [2.05, 4.69) is 16.9 Å². The number of anilines is 1. The van der Waals surface area contributed by atoms with Crippen LogP contribution < -0.4 is 10.5 Å². The molecule has 0 aliphatic heterocycles. The van der Waals surface area contributed by atoms with E-state index in [0.29, 0.717) is 5.75 Å². The molecular formula is C14H16ClN3O. The van der Waals surface area contributed by atoms with Crippen molar-refractivity contribution in [2.75, 3.05) is 5.73 Å². The molecule has 0 fully saturated rings. The molecule has 5 heteroatoms. The van der Waals surface area contributed by atoms with Gasteiger partial charge in [-0.3, -0.25) is 0 Å². The van der Waals surface area contributed by atoms with Crippen molar-refractivity contribution in [3.8, 4) is 11.6 Å². The first kappa shape index (κ1) is 13.6. The van der Waals surface area contributed by atoms with Gasteiger partial charge in [-0.2, -0.15) is 4.98 Å². The Labute approximate surface area is 117 Å². The van der Waals surface area contributed by atoms with Crippen LogP contribution in [0.15, 0.2) is 30.6 Å². The summed E-state index contributed by atoms with van der Waals surface area (Å²) in [6.07, 6.45) is 4.78. The summed E-state index contributed by atoms with van der Waals surface area (Å²) in [5, 5.41) is 0.199. The van der Waals surface area contributed by atoms with Crippen molar-refractivity contribution in [1.82, 2.24) is 9.97 Å². The molecule has 0 radical (unpaired) electrons. The molecule has 100 valence electrons. The molecule has 4 nitrogen and oxygen atoms in total. The molecule has 0 bridgehead atoms. The van der Waals surface area contributed by atoms with Crippen LogP contribution in [0.1, 0.15) is 25.3 Å². The fraction of sp³-hybridized carbons (Fsp3) is 0.286. The standard InChI is InChI=1S/C14H16ClN3O/c1-2-3-4-10-5-7-11(8-6-10)19-14-12(16)13(15)17-9-18-14/h5-9H,2-4,16H2,1H3. The van der Waals surface area contributed by atoms with E-state index in [9.17, 15) is 0 Å². The SMILES string of the molecule is CCCCc1ccc(Oc2ncnc(Cl)c2N)cc1. The predicted octanol–water partition coefficient (Wildman–Crippen LogP) is 3.85. The van der Waals surface area contributed by atoms with Crippen LogP contribution in [0, 0.1) is 0 Å². The maximum atomic E-state index is 5.81. The van der Waals surface area contributed by atoms with Crippen molar-refractivity contribution in [2.45, 2.75) is 26.2 Å². The maximum Gasteiger partial charge on any atom is 0.247 e. The van der Waals surface area contributed by atoms with Gasteiger partial charge in [0, 0.05) is 0 Å². The van der Waals surface area contributed by atoms with Gasteiger partial charge in [-0.15, -0.1) is 0 Å². The highest BCUT2D eigenvalue weighted by Gasteiger charge is 2.08. The third kappa shape index (κ3) is 3.58. The number of nitrogens with two attached hydrogens (primary N) is 1. The van der Waals surface area contributed by atoms with Gasteiger partial charge in [0.2, 0.25) is 5.88 Å². The third-order valence-electron chi connectivity index (χ3n) is 2.76. The number of nitrogen functional groups attached to an aromatic ring is 1. The smallest absolute Gasteiger partial charge is 0.247 e. The number of aryl methyl sites for hydroxylation is 1. The first-order valence-electron chi connectivity index (χ1n) is 6.23. The zero-order chi connectivity index (χ0) is 13.7. The van der Waals surface area contributed by atoms with Gasteiger partial charge < -0.3 is 10.5 Å². The molecule has 0 spiro atoms. The van der Waals surface area contributed by atoms with Gasteiger partial charge in [-0.05, 0) is 30.5 Å². The van der Waals surface area contributed by atoms with Crippen LogP contribution >= 0.6 is 11.6 Å². The zero-order valence-corrected chi connectivity index (χ0v) is 11.5. The number of unbranched alkanes of at least 4 members (excludes halogenated alkanes) is 1. The molecule has 0 amide bonds. The van der Waals surface area contributed by atoms with Crippen LogP contribution in [0.3, 0.4) is 0 Å². The normalized spacial score (nSPS) is 10.4. The number of rotatable bonds is 5. The van der Waals surface area contributed by atoms with E-state index in [-0.39, 0.29) is 16.7 Å². The lowest BCUT2D eigenvalue weighted by Crippen LogP contribution is -1.97. The Morgan fingerprint density at radius 1 is 1.21 bits per heavy atom. The number of hydrogen-bond acceptors (Lipinski definition) is 4. The van der Waals surface area contributed by atoms with Crippen LogP contribution in [-0.2, 0) is 6.42 Å². The van der Waals surface area contributed by atoms with Crippen molar-refractivity contribution in [2.24, 2.45) is 0 Å². The molecule has 0 saturated heterocycles. The second-order valence-electron chi connectivity index (χ2n) is 4.23. The summed E-state index contributed by atoms with van der Waals surface area (Å²) in [4.78, 5) is 7.74. The molecule has 0 atom stereocenters.